The van der Waals surface area contributed by atoms with Crippen molar-refractivity contribution in [2.75, 3.05) is 0 Å². The van der Waals surface area contributed by atoms with Crippen molar-refractivity contribution in [3.8, 4) is 0 Å². The van der Waals surface area contributed by atoms with Crippen LogP contribution in [0.5, 0.6) is 0 Å². The number of aromatic carboxylic acids is 1. The first kappa shape index (κ1) is 26.3. The molecule has 0 unspecified atom stereocenters. The maximum atomic E-state index is 10.4. The molecule has 1 aromatic rings. The molecule has 6 heteroatoms. The van der Waals surface area contributed by atoms with Crippen molar-refractivity contribution in [2.24, 2.45) is 0 Å². The van der Waals surface area contributed by atoms with Gasteiger partial charge in [-0.2, -0.15) is 0 Å². The summed E-state index contributed by atoms with van der Waals surface area (Å²) in [5.74, 6) is -0.868. The zero-order valence-corrected chi connectivity index (χ0v) is 18.4. The summed E-state index contributed by atoms with van der Waals surface area (Å²) in [5, 5.41) is 8.55. The van der Waals surface area contributed by atoms with Gasteiger partial charge in [-0.1, -0.05) is 19.1 Å². The van der Waals surface area contributed by atoms with Gasteiger partial charge in [-0.15, -0.1) is 0 Å². The summed E-state index contributed by atoms with van der Waals surface area (Å²) in [6.45, 7) is 2.04. The van der Waals surface area contributed by atoms with Gasteiger partial charge in [-0.3, -0.25) is 0 Å². The zero-order valence-electron chi connectivity index (χ0n) is 14.4. The third kappa shape index (κ3) is 10.3. The molecule has 0 radical (unpaired) electrons. The molecule has 66 valence electrons. The Kier molecular flexibility index (Phi) is 25.9. The average Bonchev–Trinajstić information content (AvgIpc) is 2.05. The number of carboxylic acids is 1. The molecule has 2 nitrogen and oxygen atoms in total. The number of rotatable bonds is 2. The van der Waals surface area contributed by atoms with Gasteiger partial charge in [0.05, 0.1) is 5.56 Å². The maximum Gasteiger partial charge on any atom is 1.00 e. The predicted octanol–water partition coefficient (Wildman–Crippen LogP) is -9.59. The first-order valence-corrected chi connectivity index (χ1v) is 3.56. The van der Waals surface area contributed by atoms with Crippen LogP contribution in [0.4, 0.5) is 0 Å². The van der Waals surface area contributed by atoms with Gasteiger partial charge in [0.25, 0.3) is 0 Å². The van der Waals surface area contributed by atoms with E-state index in [1.165, 1.54) is 0 Å². The first-order chi connectivity index (χ1) is 5.24. The summed E-state index contributed by atoms with van der Waals surface area (Å²) in [5.41, 5.74) is 1.51. The summed E-state index contributed by atoms with van der Waals surface area (Å²) in [6, 6.07) is 6.93. The Morgan fingerprint density at radius 3 is 1.80 bits per heavy atom. The molecule has 0 saturated heterocycles. The minimum absolute atomic E-state index is 0. The molecule has 1 N–H and O–H groups in total. The van der Waals surface area contributed by atoms with Crippen molar-refractivity contribution in [3.63, 3.8) is 0 Å². The fourth-order valence-corrected chi connectivity index (χ4v) is 0.883. The van der Waals surface area contributed by atoms with Crippen LogP contribution < -0.4 is 118 Å². The Hall–Kier alpha value is 2.69. The van der Waals surface area contributed by atoms with Gasteiger partial charge in [0.15, 0.2) is 0 Å². The first-order valence-electron chi connectivity index (χ1n) is 3.56. The molecule has 0 aliphatic carbocycles. The van der Waals surface area contributed by atoms with Crippen molar-refractivity contribution in [3.05, 3.63) is 35.4 Å². The Bertz CT molecular complexity index is 275. The smallest absolute Gasteiger partial charge is 1.00 e. The number of hydrogen-bond acceptors (Lipinski definition) is 1. The number of hydrogen-bond donors (Lipinski definition) is 1. The molecular formula is C9H14Na4O2. The maximum absolute atomic E-state index is 10.4. The molecule has 0 spiro atoms. The van der Waals surface area contributed by atoms with Crippen molar-refractivity contribution < 1.29 is 134 Å². The fraction of sp³-hybridized carbons (Fsp3) is 0.222. The minimum atomic E-state index is -0.868. The van der Waals surface area contributed by atoms with E-state index >= 15 is 0 Å². The van der Waals surface area contributed by atoms with Gasteiger partial charge in [-0.25, -0.2) is 4.79 Å². The van der Waals surface area contributed by atoms with Crippen LogP contribution in [0.1, 0.15) is 28.6 Å². The van der Waals surface area contributed by atoms with Gasteiger partial charge >= 0.3 is 124 Å². The average molecular weight is 246 g/mol. The molecule has 1 aromatic carbocycles. The van der Waals surface area contributed by atoms with Crippen LogP contribution in [-0.4, -0.2) is 11.1 Å². The summed E-state index contributed by atoms with van der Waals surface area (Å²) in [7, 11) is 0. The monoisotopic (exact) mass is 246 g/mol. The molecule has 0 aliphatic rings. The second kappa shape index (κ2) is 14.7. The van der Waals surface area contributed by atoms with E-state index in [1.807, 2.05) is 19.1 Å². The van der Waals surface area contributed by atoms with Gasteiger partial charge in [0.2, 0.25) is 0 Å². The standard InChI is InChI=1S/C9H10O2.4Na.4H/c1-2-7-3-5-8(6-4-7)9(10)11;;;;;;;;/h3-6H,2H2,1H3,(H,10,11);;;;;;;;/q;4*+1;4*-1. The fourth-order valence-electron chi connectivity index (χ4n) is 0.883. The molecule has 0 bridgehead atoms. The molecule has 0 aliphatic heterocycles. The molecular weight excluding hydrogens is 232 g/mol. The zero-order chi connectivity index (χ0) is 8.27. The summed E-state index contributed by atoms with van der Waals surface area (Å²) >= 11 is 0. The van der Waals surface area contributed by atoms with Gasteiger partial charge in [0.1, 0.15) is 0 Å². The summed E-state index contributed by atoms with van der Waals surface area (Å²) < 4.78 is 0. The summed E-state index contributed by atoms with van der Waals surface area (Å²) in [6.07, 6.45) is 0.944. The quantitative estimate of drug-likeness (QED) is 0.526. The van der Waals surface area contributed by atoms with Crippen LogP contribution in [-0.2, 0) is 6.42 Å². The van der Waals surface area contributed by atoms with E-state index in [0.717, 1.165) is 12.0 Å². The van der Waals surface area contributed by atoms with E-state index in [-0.39, 0.29) is 124 Å². The third-order valence-corrected chi connectivity index (χ3v) is 1.61. The van der Waals surface area contributed by atoms with E-state index in [2.05, 4.69) is 0 Å². The second-order valence-corrected chi connectivity index (χ2v) is 2.36. The Morgan fingerprint density at radius 1 is 1.13 bits per heavy atom. The molecule has 0 heterocycles. The third-order valence-electron chi connectivity index (χ3n) is 1.61. The SMILES string of the molecule is CCc1ccc(C(=O)O)cc1.[H-].[H-].[H-].[H-].[Na+].[Na+].[Na+].[Na+]. The van der Waals surface area contributed by atoms with E-state index < -0.39 is 5.97 Å². The van der Waals surface area contributed by atoms with Crippen molar-refractivity contribution >= 4 is 5.97 Å². The predicted molar refractivity (Wildman–Crippen MR) is 47.2 cm³/mol. The number of aryl methyl sites for hydroxylation is 1. The van der Waals surface area contributed by atoms with Gasteiger partial charge in [-0.05, 0) is 24.1 Å². The summed E-state index contributed by atoms with van der Waals surface area (Å²) in [4.78, 5) is 10.4. The molecule has 0 atom stereocenters. The van der Waals surface area contributed by atoms with Crippen LogP contribution in [0.15, 0.2) is 24.3 Å². The largest absolute Gasteiger partial charge is 1.00 e. The van der Waals surface area contributed by atoms with Crippen LogP contribution in [0.25, 0.3) is 0 Å². The van der Waals surface area contributed by atoms with Crippen LogP contribution in [0, 0.1) is 0 Å². The Balaban J connectivity index is -0.0000000252. The van der Waals surface area contributed by atoms with Crippen LogP contribution in [0.2, 0.25) is 0 Å². The van der Waals surface area contributed by atoms with Crippen molar-refractivity contribution in [1.29, 1.82) is 0 Å². The molecule has 0 aromatic heterocycles. The van der Waals surface area contributed by atoms with E-state index in [0.29, 0.717) is 5.56 Å². The van der Waals surface area contributed by atoms with Gasteiger partial charge in [0, 0.05) is 0 Å². The van der Waals surface area contributed by atoms with Crippen molar-refractivity contribution in [1.82, 2.24) is 0 Å². The van der Waals surface area contributed by atoms with Gasteiger partial charge < -0.3 is 10.8 Å². The Morgan fingerprint density at radius 2 is 1.53 bits per heavy atom. The van der Waals surface area contributed by atoms with Crippen LogP contribution in [0.3, 0.4) is 0 Å². The molecule has 0 fully saturated rings. The number of carboxylic acid groups (broad SMARTS) is 1. The van der Waals surface area contributed by atoms with Crippen LogP contribution >= 0.6 is 0 Å². The molecule has 0 saturated carbocycles. The normalized spacial score (nSPS) is 7.00. The minimum Gasteiger partial charge on any atom is -1.00 e. The van der Waals surface area contributed by atoms with E-state index in [1.54, 1.807) is 12.1 Å². The topological polar surface area (TPSA) is 37.3 Å². The number of benzene rings is 1. The van der Waals surface area contributed by atoms with E-state index in [4.69, 9.17) is 5.11 Å². The second-order valence-electron chi connectivity index (χ2n) is 2.36. The van der Waals surface area contributed by atoms with E-state index in [9.17, 15) is 4.79 Å². The molecule has 1 rings (SSSR count). The number of carbonyl (C=O) groups is 1. The molecule has 0 amide bonds. The Labute approximate surface area is 185 Å². The van der Waals surface area contributed by atoms with Crippen molar-refractivity contribution in [2.45, 2.75) is 13.3 Å². The molecule has 15 heavy (non-hydrogen) atoms.